The zero-order chi connectivity index (χ0) is 15.5. The van der Waals surface area contributed by atoms with Gasteiger partial charge in [-0.1, -0.05) is 0 Å². The molecule has 1 saturated heterocycles. The zero-order valence-electron chi connectivity index (χ0n) is 12.6. The van der Waals surface area contributed by atoms with Gasteiger partial charge in [-0.15, -0.1) is 0 Å². The molecule has 0 bridgehead atoms. The minimum absolute atomic E-state index is 0.0113. The largest absolute Gasteiger partial charge is 0.469 e. The van der Waals surface area contributed by atoms with Crippen molar-refractivity contribution in [2.45, 2.75) is 44.4 Å². The molecule has 0 aromatic rings. The van der Waals surface area contributed by atoms with Gasteiger partial charge in [0.1, 0.15) is 14.0 Å². The highest BCUT2D eigenvalue weighted by Gasteiger charge is 2.32. The predicted molar refractivity (Wildman–Crippen MR) is 64.0 cm³/mol. The Morgan fingerprint density at radius 1 is 1.61 bits per heavy atom. The van der Waals surface area contributed by atoms with Gasteiger partial charge in [-0.25, -0.2) is 0 Å². The van der Waals surface area contributed by atoms with E-state index in [0.29, 0.717) is 6.42 Å². The smallest absolute Gasteiger partial charge is 0.306 e. The van der Waals surface area contributed by atoms with Gasteiger partial charge >= 0.3 is 11.9 Å². The van der Waals surface area contributed by atoms with Gasteiger partial charge in [-0.05, 0) is 6.90 Å². The average Bonchev–Trinajstić information content (AvgIpc) is 2.76. The summed E-state index contributed by atoms with van der Waals surface area (Å²) in [5, 5.41) is 3.50. The SMILES string of the molecule is [2H]C[C@H]1O[C@@H]([B])CC1OC(=O)CCC(=O)OC.[3H]OC. The van der Waals surface area contributed by atoms with E-state index >= 15 is 0 Å². The number of hydrogen-bond donors (Lipinski definition) is 1. The molecule has 6 nitrogen and oxygen atoms in total. The third-order valence-electron chi connectivity index (χ3n) is 2.27. The minimum atomic E-state index is -0.503. The summed E-state index contributed by atoms with van der Waals surface area (Å²) in [6.45, 7) is -0.0113. The van der Waals surface area contributed by atoms with Crippen molar-refractivity contribution in [3.8, 4) is 0 Å². The molecule has 102 valence electrons. The summed E-state index contributed by atoms with van der Waals surface area (Å²) >= 11 is 0. The van der Waals surface area contributed by atoms with Crippen LogP contribution in [0.1, 0.15) is 27.5 Å². The van der Waals surface area contributed by atoms with E-state index in [-0.39, 0.29) is 19.7 Å². The lowest BCUT2D eigenvalue weighted by Crippen LogP contribution is -2.25. The third-order valence-corrected chi connectivity index (χ3v) is 2.27. The fourth-order valence-electron chi connectivity index (χ4n) is 1.41. The molecule has 18 heavy (non-hydrogen) atoms. The van der Waals surface area contributed by atoms with Gasteiger partial charge in [0.15, 0.2) is 0 Å². The van der Waals surface area contributed by atoms with Crippen molar-refractivity contribution >= 4 is 19.8 Å². The number of carbonyl (C=O) groups excluding carboxylic acids is 2. The monoisotopic (exact) mass is 261 g/mol. The molecule has 0 aliphatic carbocycles. The molecular formula is C11H19BO6. The van der Waals surface area contributed by atoms with Gasteiger partial charge in [0.25, 0.3) is 0 Å². The number of esters is 2. The summed E-state index contributed by atoms with van der Waals surface area (Å²) < 4.78 is 27.6. The Morgan fingerprint density at radius 3 is 2.78 bits per heavy atom. The molecule has 1 heterocycles. The Bertz CT molecular complexity index is 305. The Morgan fingerprint density at radius 2 is 2.22 bits per heavy atom. The topological polar surface area (TPSA) is 82.1 Å². The van der Waals surface area contributed by atoms with E-state index in [4.69, 9.17) is 20.1 Å². The number of ether oxygens (including phenoxy) is 3. The second-order valence-corrected chi connectivity index (χ2v) is 3.55. The summed E-state index contributed by atoms with van der Waals surface area (Å²) in [5.74, 6) is -0.963. The van der Waals surface area contributed by atoms with Crippen LogP contribution in [0.4, 0.5) is 0 Å². The average molecular weight is 261 g/mol. The Labute approximate surface area is 111 Å². The summed E-state index contributed by atoms with van der Waals surface area (Å²) in [6, 6.07) is -0.497. The predicted octanol–water partition coefficient (Wildman–Crippen LogP) is -0.237. The van der Waals surface area contributed by atoms with Gasteiger partial charge in [-0.3, -0.25) is 9.59 Å². The van der Waals surface area contributed by atoms with Crippen LogP contribution >= 0.6 is 0 Å². The summed E-state index contributed by atoms with van der Waals surface area (Å²) in [5.41, 5.74) is 0. The molecule has 1 aliphatic heterocycles. The molecule has 2 radical (unpaired) electrons. The van der Waals surface area contributed by atoms with Crippen LogP contribution in [0.25, 0.3) is 0 Å². The van der Waals surface area contributed by atoms with E-state index in [1.807, 2.05) is 0 Å². The maximum absolute atomic E-state index is 11.4. The third kappa shape index (κ3) is 6.02. The molecule has 0 spiro atoms. The van der Waals surface area contributed by atoms with E-state index in [9.17, 15) is 9.59 Å². The molecule has 1 unspecified atom stereocenters. The molecule has 3 atom stereocenters. The van der Waals surface area contributed by atoms with E-state index in [2.05, 4.69) is 9.85 Å². The van der Waals surface area contributed by atoms with Crippen molar-refractivity contribution in [1.29, 1.82) is 1.43 Å². The van der Waals surface area contributed by atoms with Crippen LogP contribution in [-0.4, -0.2) is 58.8 Å². The second kappa shape index (κ2) is 8.94. The van der Waals surface area contributed by atoms with Crippen molar-refractivity contribution in [1.82, 2.24) is 0 Å². The van der Waals surface area contributed by atoms with Crippen molar-refractivity contribution in [2.75, 3.05) is 14.2 Å². The van der Waals surface area contributed by atoms with Gasteiger partial charge < -0.3 is 19.3 Å². The van der Waals surface area contributed by atoms with Crippen molar-refractivity contribution in [3.63, 3.8) is 0 Å². The minimum Gasteiger partial charge on any atom is -0.469 e. The zero-order valence-corrected chi connectivity index (χ0v) is 10.6. The molecule has 0 aromatic carbocycles. The summed E-state index contributed by atoms with van der Waals surface area (Å²) in [6.07, 6.45) is -0.642. The maximum Gasteiger partial charge on any atom is 0.306 e. The van der Waals surface area contributed by atoms with Crippen LogP contribution in [0.5, 0.6) is 0 Å². The molecule has 0 saturated carbocycles. The number of hydrogen-bond acceptors (Lipinski definition) is 6. The summed E-state index contributed by atoms with van der Waals surface area (Å²) in [7, 11) is 8.09. The van der Waals surface area contributed by atoms with Gasteiger partial charge in [-0.2, -0.15) is 0 Å². The number of carbonyl (C=O) groups is 2. The van der Waals surface area contributed by atoms with E-state index in [1.54, 1.807) is 0 Å². The highest BCUT2D eigenvalue weighted by Crippen LogP contribution is 2.21. The van der Waals surface area contributed by atoms with Crippen LogP contribution in [0.15, 0.2) is 0 Å². The molecule has 7 heteroatoms. The molecule has 1 aliphatic rings. The highest BCUT2D eigenvalue weighted by atomic mass is 16.6. The van der Waals surface area contributed by atoms with Gasteiger partial charge in [0, 0.05) is 20.9 Å². The van der Waals surface area contributed by atoms with Crippen LogP contribution in [0.2, 0.25) is 0 Å². The summed E-state index contributed by atoms with van der Waals surface area (Å²) in [4.78, 5) is 22.2. The lowest BCUT2D eigenvalue weighted by molar-refractivity contribution is -0.154. The first-order valence-corrected chi connectivity index (χ1v) is 5.44. The van der Waals surface area contributed by atoms with Crippen LogP contribution in [0, 0.1) is 0 Å². The number of rotatable bonds is 4. The quantitative estimate of drug-likeness (QED) is 0.555. The lowest BCUT2D eigenvalue weighted by Gasteiger charge is -2.14. The molecule has 1 rings (SSSR count). The first kappa shape index (κ1) is 13.4. The first-order chi connectivity index (χ1) is 9.48. The lowest BCUT2D eigenvalue weighted by atomic mass is 9.96. The normalized spacial score (nSPS) is 27.3. The second-order valence-electron chi connectivity index (χ2n) is 3.55. The fourth-order valence-corrected chi connectivity index (χ4v) is 1.41. The molecular weight excluding hydrogens is 239 g/mol. The number of aliphatic hydroxyl groups excluding tert-OH is 1. The number of methoxy groups -OCH3 is 1. The standard InChI is InChI=1S/C10H15BO5.CH4O/c1-6-7(5-8(11)15-6)16-10(13)4-3-9(12)14-2;1-2/h6-8H,3-5H2,1-2H3;2H,1H3/t6-,7?,8-;/m1./s1/i1D;2T. The number of aliphatic hydroxyl groups is 1. The van der Waals surface area contributed by atoms with Crippen molar-refractivity contribution in [3.05, 3.63) is 0 Å². The molecule has 0 aromatic heterocycles. The fraction of sp³-hybridized carbons (Fsp3) is 0.818. The van der Waals surface area contributed by atoms with Crippen LogP contribution in [0.3, 0.4) is 0 Å². The Hall–Kier alpha value is -1.08. The van der Waals surface area contributed by atoms with E-state index in [0.717, 1.165) is 0 Å². The van der Waals surface area contributed by atoms with Crippen LogP contribution in [-0.2, 0) is 23.8 Å². The first-order valence-electron chi connectivity index (χ1n) is 6.55. The van der Waals surface area contributed by atoms with Gasteiger partial charge in [0.2, 0.25) is 1.43 Å². The Kier molecular flexibility index (Phi) is 6.63. The highest BCUT2D eigenvalue weighted by molar-refractivity contribution is 6.11. The van der Waals surface area contributed by atoms with Crippen molar-refractivity contribution < 1.29 is 30.3 Å². The molecule has 1 N–H and O–H groups in total. The molecule has 1 fully saturated rings. The molecule has 0 amide bonds. The van der Waals surface area contributed by atoms with Gasteiger partial charge in [0.05, 0.1) is 26.1 Å². The van der Waals surface area contributed by atoms with E-state index < -0.39 is 30.1 Å². The van der Waals surface area contributed by atoms with E-state index in [1.165, 1.54) is 14.2 Å². The Balaban J connectivity index is 0.00000110. The van der Waals surface area contributed by atoms with Crippen molar-refractivity contribution in [2.24, 2.45) is 0 Å². The van der Waals surface area contributed by atoms with Crippen LogP contribution < -0.4 is 0 Å². The maximum atomic E-state index is 11.4.